The summed E-state index contributed by atoms with van der Waals surface area (Å²) in [5, 5.41) is 4.65. The molecule has 0 aromatic heterocycles. The number of rotatable bonds is 6. The third kappa shape index (κ3) is 4.22. The van der Waals surface area contributed by atoms with Crippen molar-refractivity contribution < 1.29 is 0 Å². The van der Waals surface area contributed by atoms with Crippen LogP contribution in [0, 0.1) is 0 Å². The molecule has 0 saturated heterocycles. The summed E-state index contributed by atoms with van der Waals surface area (Å²) in [4.78, 5) is 0. The van der Waals surface area contributed by atoms with E-state index in [4.69, 9.17) is 28.9 Å². The molecule has 0 aliphatic heterocycles. The first-order valence-corrected chi connectivity index (χ1v) is 7.52. The number of halogens is 2. The van der Waals surface area contributed by atoms with Crippen molar-refractivity contribution in [1.82, 2.24) is 5.32 Å². The Bertz CT molecular complexity index is 457. The van der Waals surface area contributed by atoms with Crippen LogP contribution in [-0.4, -0.2) is 13.1 Å². The molecule has 0 bridgehead atoms. The lowest BCUT2D eigenvalue weighted by Crippen LogP contribution is -2.29. The number of nitrogens with two attached hydrogens (primary N) is 1. The van der Waals surface area contributed by atoms with Crippen LogP contribution in [0.2, 0.25) is 10.0 Å². The highest BCUT2D eigenvalue weighted by Crippen LogP contribution is 2.25. The van der Waals surface area contributed by atoms with Crippen LogP contribution in [0.25, 0.3) is 0 Å². The molecule has 1 aliphatic rings. The van der Waals surface area contributed by atoms with Crippen molar-refractivity contribution in [3.8, 4) is 0 Å². The number of nitrogens with one attached hydrogen (secondary N) is 1. The Balaban J connectivity index is 1.89. The molecule has 1 atom stereocenters. The molecule has 0 saturated carbocycles. The minimum Gasteiger partial charge on any atom is -0.329 e. The second kappa shape index (κ2) is 7.30. The summed E-state index contributed by atoms with van der Waals surface area (Å²) in [6, 6.07) is 5.83. The summed E-state index contributed by atoms with van der Waals surface area (Å²) in [6.07, 6.45) is 7.27. The van der Waals surface area contributed by atoms with Crippen molar-refractivity contribution >= 4 is 23.2 Å². The second-order valence-corrected chi connectivity index (χ2v) is 5.73. The third-order valence-electron chi connectivity index (χ3n) is 3.55. The van der Waals surface area contributed by atoms with E-state index in [0.29, 0.717) is 16.6 Å². The van der Waals surface area contributed by atoms with E-state index in [1.54, 1.807) is 5.57 Å². The van der Waals surface area contributed by atoms with Gasteiger partial charge in [0.2, 0.25) is 0 Å². The van der Waals surface area contributed by atoms with E-state index in [2.05, 4.69) is 11.4 Å². The summed E-state index contributed by atoms with van der Waals surface area (Å²) in [6.45, 7) is 1.50. The van der Waals surface area contributed by atoms with Gasteiger partial charge in [0.15, 0.2) is 0 Å². The number of hydrogen-bond acceptors (Lipinski definition) is 2. The van der Waals surface area contributed by atoms with E-state index in [1.807, 2.05) is 18.2 Å². The number of allylic oxidation sites excluding steroid dienone is 1. The van der Waals surface area contributed by atoms with Gasteiger partial charge >= 0.3 is 0 Å². The second-order valence-electron chi connectivity index (χ2n) is 4.92. The Morgan fingerprint density at radius 3 is 2.74 bits per heavy atom. The SMILES string of the molecule is NCC(NCCC1=CCCC1)c1ccc(Cl)c(Cl)c1. The molecule has 1 aromatic rings. The number of benzene rings is 1. The first kappa shape index (κ1) is 14.9. The first-order chi connectivity index (χ1) is 9.20. The molecule has 0 radical (unpaired) electrons. The highest BCUT2D eigenvalue weighted by molar-refractivity contribution is 6.42. The molecule has 0 spiro atoms. The summed E-state index contributed by atoms with van der Waals surface area (Å²) < 4.78 is 0. The van der Waals surface area contributed by atoms with E-state index >= 15 is 0 Å². The average Bonchev–Trinajstić information content (AvgIpc) is 2.91. The third-order valence-corrected chi connectivity index (χ3v) is 4.29. The van der Waals surface area contributed by atoms with Crippen LogP contribution in [0.15, 0.2) is 29.8 Å². The molecule has 0 heterocycles. The molecule has 3 N–H and O–H groups in total. The van der Waals surface area contributed by atoms with Gasteiger partial charge in [0.1, 0.15) is 0 Å². The van der Waals surface area contributed by atoms with Crippen molar-refractivity contribution in [2.75, 3.05) is 13.1 Å². The van der Waals surface area contributed by atoms with Crippen LogP contribution >= 0.6 is 23.2 Å². The van der Waals surface area contributed by atoms with Gasteiger partial charge in [-0.2, -0.15) is 0 Å². The standard InChI is InChI=1S/C15H20Cl2N2/c16-13-6-5-12(9-14(13)17)15(10-18)19-8-7-11-3-1-2-4-11/h3,5-6,9,15,19H,1-2,4,7-8,10,18H2. The summed E-state index contributed by atoms with van der Waals surface area (Å²) in [5.41, 5.74) is 8.50. The molecular formula is C15H20Cl2N2. The van der Waals surface area contributed by atoms with Gasteiger partial charge in [-0.15, -0.1) is 0 Å². The van der Waals surface area contributed by atoms with Crippen molar-refractivity contribution in [3.63, 3.8) is 0 Å². The summed E-state index contributed by atoms with van der Waals surface area (Å²) in [7, 11) is 0. The lowest BCUT2D eigenvalue weighted by molar-refractivity contribution is 0.542. The van der Waals surface area contributed by atoms with Crippen molar-refractivity contribution in [2.24, 2.45) is 5.73 Å². The minimum absolute atomic E-state index is 0.136. The van der Waals surface area contributed by atoms with Gasteiger partial charge in [-0.3, -0.25) is 0 Å². The smallest absolute Gasteiger partial charge is 0.0595 e. The lowest BCUT2D eigenvalue weighted by Gasteiger charge is -2.18. The van der Waals surface area contributed by atoms with Gasteiger partial charge in [0, 0.05) is 12.6 Å². The normalized spacial score (nSPS) is 16.5. The Hall–Kier alpha value is -0.540. The maximum absolute atomic E-state index is 6.04. The zero-order chi connectivity index (χ0) is 13.7. The maximum Gasteiger partial charge on any atom is 0.0595 e. The van der Waals surface area contributed by atoms with E-state index in [9.17, 15) is 0 Å². The predicted molar refractivity (Wildman–Crippen MR) is 82.8 cm³/mol. The van der Waals surface area contributed by atoms with Crippen molar-refractivity contribution in [3.05, 3.63) is 45.5 Å². The van der Waals surface area contributed by atoms with E-state index in [1.165, 1.54) is 19.3 Å². The summed E-state index contributed by atoms with van der Waals surface area (Å²) in [5.74, 6) is 0. The van der Waals surface area contributed by atoms with Crippen molar-refractivity contribution in [2.45, 2.75) is 31.7 Å². The molecular weight excluding hydrogens is 279 g/mol. The number of hydrogen-bond donors (Lipinski definition) is 2. The van der Waals surface area contributed by atoms with E-state index in [-0.39, 0.29) is 6.04 Å². The van der Waals surface area contributed by atoms with Crippen molar-refractivity contribution in [1.29, 1.82) is 0 Å². The molecule has 1 aliphatic carbocycles. The Labute approximate surface area is 125 Å². The Morgan fingerprint density at radius 2 is 2.11 bits per heavy atom. The zero-order valence-corrected chi connectivity index (χ0v) is 12.5. The van der Waals surface area contributed by atoms with E-state index in [0.717, 1.165) is 18.5 Å². The minimum atomic E-state index is 0.136. The molecule has 1 aromatic carbocycles. The Kier molecular flexibility index (Phi) is 5.71. The first-order valence-electron chi connectivity index (χ1n) is 6.77. The Morgan fingerprint density at radius 1 is 1.26 bits per heavy atom. The highest BCUT2D eigenvalue weighted by Gasteiger charge is 2.11. The average molecular weight is 299 g/mol. The quantitative estimate of drug-likeness (QED) is 0.777. The van der Waals surface area contributed by atoms with Crippen LogP contribution in [0.3, 0.4) is 0 Å². The maximum atomic E-state index is 6.04. The zero-order valence-electron chi connectivity index (χ0n) is 11.0. The van der Waals surface area contributed by atoms with Gasteiger partial charge in [-0.25, -0.2) is 0 Å². The van der Waals surface area contributed by atoms with Crippen LogP contribution in [0.1, 0.15) is 37.3 Å². The fourth-order valence-electron chi connectivity index (χ4n) is 2.44. The molecule has 104 valence electrons. The molecule has 19 heavy (non-hydrogen) atoms. The van der Waals surface area contributed by atoms with E-state index < -0.39 is 0 Å². The topological polar surface area (TPSA) is 38.0 Å². The fraction of sp³-hybridized carbons (Fsp3) is 0.467. The highest BCUT2D eigenvalue weighted by atomic mass is 35.5. The lowest BCUT2D eigenvalue weighted by atomic mass is 10.1. The molecule has 0 fully saturated rings. The van der Waals surface area contributed by atoms with Gasteiger partial charge < -0.3 is 11.1 Å². The molecule has 2 nitrogen and oxygen atoms in total. The summed E-state index contributed by atoms with van der Waals surface area (Å²) >= 11 is 12.0. The molecule has 0 amide bonds. The van der Waals surface area contributed by atoms with Gasteiger partial charge in [0.25, 0.3) is 0 Å². The monoisotopic (exact) mass is 298 g/mol. The van der Waals surface area contributed by atoms with Gasteiger partial charge in [-0.05, 0) is 49.9 Å². The van der Waals surface area contributed by atoms with Crippen LogP contribution < -0.4 is 11.1 Å². The van der Waals surface area contributed by atoms with Crippen LogP contribution in [0.5, 0.6) is 0 Å². The molecule has 4 heteroatoms. The van der Waals surface area contributed by atoms with Gasteiger partial charge in [0.05, 0.1) is 10.0 Å². The largest absolute Gasteiger partial charge is 0.329 e. The van der Waals surface area contributed by atoms with Crippen LogP contribution in [0.4, 0.5) is 0 Å². The van der Waals surface area contributed by atoms with Crippen LogP contribution in [-0.2, 0) is 0 Å². The molecule has 2 rings (SSSR count). The van der Waals surface area contributed by atoms with Gasteiger partial charge in [-0.1, -0.05) is 40.9 Å². The predicted octanol–water partition coefficient (Wildman–Crippen LogP) is 4.08. The fourth-order valence-corrected chi connectivity index (χ4v) is 2.74. The molecule has 1 unspecified atom stereocenters.